The van der Waals surface area contributed by atoms with Crippen LogP contribution in [0.5, 0.6) is 0 Å². The molecule has 1 aromatic heterocycles. The molecule has 2 N–H and O–H groups in total. The van der Waals surface area contributed by atoms with Gasteiger partial charge in [-0.25, -0.2) is 0 Å². The molecule has 0 spiro atoms. The van der Waals surface area contributed by atoms with E-state index in [2.05, 4.69) is 22.4 Å². The van der Waals surface area contributed by atoms with E-state index in [-0.39, 0.29) is 0 Å². The van der Waals surface area contributed by atoms with Crippen molar-refractivity contribution in [3.8, 4) is 0 Å². The highest BCUT2D eigenvalue weighted by atomic mass is 14.9. The van der Waals surface area contributed by atoms with Crippen LogP contribution in [-0.2, 0) is 6.42 Å². The van der Waals surface area contributed by atoms with Gasteiger partial charge in [0.05, 0.1) is 0 Å². The molecule has 0 atom stereocenters. The molecule has 0 amide bonds. The first-order valence-corrected chi connectivity index (χ1v) is 3.78. The van der Waals surface area contributed by atoms with Crippen molar-refractivity contribution in [1.82, 2.24) is 10.3 Å². The molecular weight excluding hydrogens is 124 g/mol. The fourth-order valence-electron chi connectivity index (χ4n) is 1.30. The number of aromatic amines is 1. The Bertz CT molecular complexity index is 187. The van der Waals surface area contributed by atoms with E-state index in [9.17, 15) is 0 Å². The first-order chi connectivity index (χ1) is 4.95. The van der Waals surface area contributed by atoms with Crippen molar-refractivity contribution in [2.75, 3.05) is 13.1 Å². The smallest absolute Gasteiger partial charge is 0.0150 e. The van der Waals surface area contributed by atoms with Gasteiger partial charge < -0.3 is 10.3 Å². The Kier molecular flexibility index (Phi) is 1.47. The topological polar surface area (TPSA) is 27.8 Å². The van der Waals surface area contributed by atoms with Gasteiger partial charge >= 0.3 is 0 Å². The molecule has 1 fully saturated rings. The van der Waals surface area contributed by atoms with Crippen LogP contribution >= 0.6 is 0 Å². The third-order valence-corrected chi connectivity index (χ3v) is 2.04. The second-order valence-corrected chi connectivity index (χ2v) is 2.92. The monoisotopic (exact) mass is 136 g/mol. The van der Waals surface area contributed by atoms with Gasteiger partial charge in [-0.05, 0) is 37.6 Å². The van der Waals surface area contributed by atoms with Gasteiger partial charge in [0.25, 0.3) is 0 Å². The Morgan fingerprint density at radius 3 is 2.90 bits per heavy atom. The highest BCUT2D eigenvalue weighted by Crippen LogP contribution is 2.09. The van der Waals surface area contributed by atoms with Gasteiger partial charge in [-0.2, -0.15) is 0 Å². The molecule has 2 heterocycles. The van der Waals surface area contributed by atoms with Gasteiger partial charge in [0.2, 0.25) is 0 Å². The van der Waals surface area contributed by atoms with E-state index >= 15 is 0 Å². The van der Waals surface area contributed by atoms with E-state index in [1.165, 1.54) is 25.2 Å². The first kappa shape index (κ1) is 5.98. The molecule has 2 heteroatoms. The number of hydrogen-bond acceptors (Lipinski definition) is 1. The molecular formula is C8H12N2. The lowest BCUT2D eigenvalue weighted by Crippen LogP contribution is -2.43. The Morgan fingerprint density at radius 1 is 1.50 bits per heavy atom. The summed E-state index contributed by atoms with van der Waals surface area (Å²) in [6, 6.07) is 4.21. The highest BCUT2D eigenvalue weighted by molar-refractivity contribution is 5.05. The predicted octanol–water partition coefficient (Wildman–Crippen LogP) is 0.777. The van der Waals surface area contributed by atoms with E-state index in [0.717, 1.165) is 5.92 Å². The zero-order valence-corrected chi connectivity index (χ0v) is 5.93. The summed E-state index contributed by atoms with van der Waals surface area (Å²) < 4.78 is 0. The van der Waals surface area contributed by atoms with Gasteiger partial charge in [-0.15, -0.1) is 0 Å². The van der Waals surface area contributed by atoms with Crippen LogP contribution in [0.1, 0.15) is 5.69 Å². The maximum atomic E-state index is 3.26. The number of rotatable bonds is 2. The predicted molar refractivity (Wildman–Crippen MR) is 40.9 cm³/mol. The molecule has 0 radical (unpaired) electrons. The third-order valence-electron chi connectivity index (χ3n) is 2.04. The zero-order chi connectivity index (χ0) is 6.81. The second kappa shape index (κ2) is 2.46. The lowest BCUT2D eigenvalue weighted by molar-refractivity contribution is 0.344. The zero-order valence-electron chi connectivity index (χ0n) is 5.93. The van der Waals surface area contributed by atoms with Crippen molar-refractivity contribution in [2.45, 2.75) is 6.42 Å². The minimum absolute atomic E-state index is 0.874. The molecule has 1 aliphatic heterocycles. The highest BCUT2D eigenvalue weighted by Gasteiger charge is 2.16. The normalized spacial score (nSPS) is 18.8. The Balaban J connectivity index is 1.90. The molecule has 1 aromatic rings. The number of aromatic nitrogens is 1. The summed E-state index contributed by atoms with van der Waals surface area (Å²) >= 11 is 0. The quantitative estimate of drug-likeness (QED) is 0.617. The SMILES string of the molecule is c1c[nH]c(CC2CNC2)c1. The molecule has 0 aromatic carbocycles. The fraction of sp³-hybridized carbons (Fsp3) is 0.500. The summed E-state index contributed by atoms with van der Waals surface area (Å²) in [4.78, 5) is 3.21. The maximum absolute atomic E-state index is 3.26. The van der Waals surface area contributed by atoms with Gasteiger partial charge in [0.1, 0.15) is 0 Å². The summed E-state index contributed by atoms with van der Waals surface area (Å²) in [6.07, 6.45) is 3.20. The molecule has 54 valence electrons. The molecule has 2 rings (SSSR count). The number of H-pyrrole nitrogens is 1. The van der Waals surface area contributed by atoms with Crippen molar-refractivity contribution >= 4 is 0 Å². The van der Waals surface area contributed by atoms with Crippen LogP contribution in [0.3, 0.4) is 0 Å². The summed E-state index contributed by atoms with van der Waals surface area (Å²) in [5.41, 5.74) is 1.37. The van der Waals surface area contributed by atoms with Crippen molar-refractivity contribution in [2.24, 2.45) is 5.92 Å². The summed E-state index contributed by atoms with van der Waals surface area (Å²) in [6.45, 7) is 2.39. The molecule has 0 aliphatic carbocycles. The van der Waals surface area contributed by atoms with E-state index < -0.39 is 0 Å². The van der Waals surface area contributed by atoms with Crippen LogP contribution < -0.4 is 5.32 Å². The van der Waals surface area contributed by atoms with Crippen LogP contribution in [0.4, 0.5) is 0 Å². The minimum atomic E-state index is 0.874. The standard InChI is InChI=1S/C8H12N2/c1-2-8(10-3-1)4-7-5-9-6-7/h1-3,7,9-10H,4-6H2. The fourth-order valence-corrected chi connectivity index (χ4v) is 1.30. The molecule has 0 saturated carbocycles. The van der Waals surface area contributed by atoms with Crippen molar-refractivity contribution in [1.29, 1.82) is 0 Å². The lowest BCUT2D eigenvalue weighted by atomic mass is 9.98. The van der Waals surface area contributed by atoms with Crippen LogP contribution in [0.25, 0.3) is 0 Å². The Hall–Kier alpha value is -0.760. The van der Waals surface area contributed by atoms with E-state index in [1.54, 1.807) is 0 Å². The van der Waals surface area contributed by atoms with Gasteiger partial charge in [0.15, 0.2) is 0 Å². The van der Waals surface area contributed by atoms with Gasteiger partial charge in [-0.1, -0.05) is 0 Å². The largest absolute Gasteiger partial charge is 0.365 e. The van der Waals surface area contributed by atoms with Crippen molar-refractivity contribution in [3.05, 3.63) is 24.0 Å². The minimum Gasteiger partial charge on any atom is -0.365 e. The van der Waals surface area contributed by atoms with Gasteiger partial charge in [0, 0.05) is 11.9 Å². The Morgan fingerprint density at radius 2 is 2.40 bits per heavy atom. The van der Waals surface area contributed by atoms with Crippen molar-refractivity contribution < 1.29 is 0 Å². The molecule has 0 bridgehead atoms. The first-order valence-electron chi connectivity index (χ1n) is 3.78. The van der Waals surface area contributed by atoms with Crippen LogP contribution in [0, 0.1) is 5.92 Å². The van der Waals surface area contributed by atoms with Crippen LogP contribution in [0.15, 0.2) is 18.3 Å². The Labute approximate surface area is 60.6 Å². The average Bonchev–Trinajstić information content (AvgIpc) is 2.29. The average molecular weight is 136 g/mol. The molecule has 1 saturated heterocycles. The molecule has 0 unspecified atom stereocenters. The molecule has 2 nitrogen and oxygen atoms in total. The van der Waals surface area contributed by atoms with Crippen LogP contribution in [-0.4, -0.2) is 18.1 Å². The number of nitrogens with one attached hydrogen (secondary N) is 2. The summed E-state index contributed by atoms with van der Waals surface area (Å²) in [5.74, 6) is 0.874. The summed E-state index contributed by atoms with van der Waals surface area (Å²) in [7, 11) is 0. The third kappa shape index (κ3) is 1.07. The number of hydrogen-bond donors (Lipinski definition) is 2. The van der Waals surface area contributed by atoms with Gasteiger partial charge in [-0.3, -0.25) is 0 Å². The van der Waals surface area contributed by atoms with E-state index in [4.69, 9.17) is 0 Å². The van der Waals surface area contributed by atoms with Crippen molar-refractivity contribution in [3.63, 3.8) is 0 Å². The maximum Gasteiger partial charge on any atom is 0.0150 e. The lowest BCUT2D eigenvalue weighted by Gasteiger charge is -2.26. The van der Waals surface area contributed by atoms with Crippen LogP contribution in [0.2, 0.25) is 0 Å². The van der Waals surface area contributed by atoms with E-state index in [0.29, 0.717) is 0 Å². The van der Waals surface area contributed by atoms with E-state index in [1.807, 2.05) is 6.20 Å². The molecule has 10 heavy (non-hydrogen) atoms. The second-order valence-electron chi connectivity index (χ2n) is 2.92. The summed E-state index contributed by atoms with van der Waals surface area (Å²) in [5, 5.41) is 3.26. The molecule has 1 aliphatic rings.